The average Bonchev–Trinajstić information content (AvgIpc) is 2.03. The number of rotatable bonds is 0. The highest BCUT2D eigenvalue weighted by molar-refractivity contribution is 5.32. The summed E-state index contributed by atoms with van der Waals surface area (Å²) in [7, 11) is 0. The summed E-state index contributed by atoms with van der Waals surface area (Å²) in [5.41, 5.74) is 0.240. The molecule has 0 aliphatic heterocycles. The average molecular weight is 144 g/mol. The molecule has 2 rings (SSSR count). The molecule has 0 aromatic carbocycles. The molecule has 2 aliphatic carbocycles. The topological polar surface area (TPSA) is 0 Å². The maximum Gasteiger partial charge on any atom is 0.0136 e. The fourth-order valence-electron chi connectivity index (χ4n) is 1.65. The Morgan fingerprint density at radius 1 is 0.909 bits per heavy atom. The molecule has 11 heavy (non-hydrogen) atoms. The van der Waals surface area contributed by atoms with Crippen LogP contribution in [-0.2, 0) is 0 Å². The van der Waals surface area contributed by atoms with E-state index in [2.05, 4.69) is 55.5 Å². The summed E-state index contributed by atoms with van der Waals surface area (Å²) in [6.45, 7) is 2.26. The first-order valence-corrected chi connectivity index (χ1v) is 4.03. The van der Waals surface area contributed by atoms with Crippen molar-refractivity contribution in [2.75, 3.05) is 0 Å². The predicted octanol–water partition coefficient (Wildman–Crippen LogP) is 2.86. The van der Waals surface area contributed by atoms with Crippen molar-refractivity contribution in [1.29, 1.82) is 0 Å². The van der Waals surface area contributed by atoms with Gasteiger partial charge >= 0.3 is 0 Å². The van der Waals surface area contributed by atoms with Gasteiger partial charge in [0.05, 0.1) is 0 Å². The highest BCUT2D eigenvalue weighted by atomic mass is 14.3. The van der Waals surface area contributed by atoms with Crippen LogP contribution in [0.2, 0.25) is 0 Å². The van der Waals surface area contributed by atoms with Gasteiger partial charge in [-0.05, 0) is 0 Å². The third kappa shape index (κ3) is 0.988. The summed E-state index contributed by atoms with van der Waals surface area (Å²) >= 11 is 0. The third-order valence-electron chi connectivity index (χ3n) is 2.49. The lowest BCUT2D eigenvalue weighted by Gasteiger charge is -2.32. The Balaban J connectivity index is 2.40. The van der Waals surface area contributed by atoms with Crippen molar-refractivity contribution in [3.05, 3.63) is 48.6 Å². The molecule has 0 N–H and O–H groups in total. The maximum absolute atomic E-state index is 2.26. The van der Waals surface area contributed by atoms with E-state index in [1.54, 1.807) is 0 Å². The van der Waals surface area contributed by atoms with Gasteiger partial charge < -0.3 is 0 Å². The molecule has 0 aromatic heterocycles. The van der Waals surface area contributed by atoms with E-state index in [0.29, 0.717) is 5.92 Å². The normalized spacial score (nSPS) is 39.2. The third-order valence-corrected chi connectivity index (χ3v) is 2.49. The fourth-order valence-corrected chi connectivity index (χ4v) is 1.65. The summed E-state index contributed by atoms with van der Waals surface area (Å²) in [5.74, 6) is 0.567. The minimum atomic E-state index is 0.240. The van der Waals surface area contributed by atoms with Gasteiger partial charge in [-0.3, -0.25) is 0 Å². The summed E-state index contributed by atoms with van der Waals surface area (Å²) in [6.07, 6.45) is 17.5. The van der Waals surface area contributed by atoms with Crippen LogP contribution in [0.4, 0.5) is 0 Å². The van der Waals surface area contributed by atoms with Crippen molar-refractivity contribution in [1.82, 2.24) is 0 Å². The molecule has 0 nitrogen and oxygen atoms in total. The van der Waals surface area contributed by atoms with Crippen LogP contribution in [0.15, 0.2) is 48.6 Å². The van der Waals surface area contributed by atoms with Crippen molar-refractivity contribution in [3.63, 3.8) is 0 Å². The molecule has 56 valence electrons. The van der Waals surface area contributed by atoms with Crippen LogP contribution in [0.1, 0.15) is 6.92 Å². The number of hydrogen-bond acceptors (Lipinski definition) is 0. The van der Waals surface area contributed by atoms with Crippen molar-refractivity contribution in [2.24, 2.45) is 11.3 Å². The summed E-state index contributed by atoms with van der Waals surface area (Å²) < 4.78 is 0. The van der Waals surface area contributed by atoms with E-state index in [0.717, 1.165) is 0 Å². The quantitative estimate of drug-likeness (QED) is 0.490. The zero-order chi connectivity index (χ0) is 7.73. The van der Waals surface area contributed by atoms with Crippen molar-refractivity contribution < 1.29 is 0 Å². The van der Waals surface area contributed by atoms with Crippen LogP contribution in [0.25, 0.3) is 0 Å². The molecule has 0 unspecified atom stereocenters. The first-order valence-electron chi connectivity index (χ1n) is 4.03. The zero-order valence-corrected chi connectivity index (χ0v) is 6.70. The lowest BCUT2D eigenvalue weighted by molar-refractivity contribution is 0.452. The molecule has 0 amide bonds. The van der Waals surface area contributed by atoms with Crippen LogP contribution in [0.5, 0.6) is 0 Å². The van der Waals surface area contributed by atoms with E-state index >= 15 is 0 Å². The van der Waals surface area contributed by atoms with E-state index < -0.39 is 0 Å². The SMILES string of the molecule is CC12C=CC=CC1C=CC=C2. The Morgan fingerprint density at radius 2 is 1.45 bits per heavy atom. The minimum absolute atomic E-state index is 0.240. The van der Waals surface area contributed by atoms with Gasteiger partial charge in [-0.25, -0.2) is 0 Å². The molecular formula is C11H12. The Kier molecular flexibility index (Phi) is 1.35. The molecule has 0 fully saturated rings. The van der Waals surface area contributed by atoms with Crippen molar-refractivity contribution in [3.8, 4) is 0 Å². The van der Waals surface area contributed by atoms with E-state index in [1.165, 1.54) is 0 Å². The first kappa shape index (κ1) is 6.66. The summed E-state index contributed by atoms with van der Waals surface area (Å²) in [6, 6.07) is 0. The standard InChI is InChI=1S/C11H12/c1-11-8-4-2-6-10(11)7-3-5-9-11/h2-10H,1H3. The lowest BCUT2D eigenvalue weighted by Crippen LogP contribution is -2.22. The van der Waals surface area contributed by atoms with Crippen LogP contribution in [0, 0.1) is 11.3 Å². The zero-order valence-electron chi connectivity index (χ0n) is 6.70. The Bertz CT molecular complexity index is 240. The Labute approximate surface area is 67.6 Å². The smallest absolute Gasteiger partial charge is 0.0136 e. The second-order valence-electron chi connectivity index (χ2n) is 3.38. The Hall–Kier alpha value is -1.04. The fraction of sp³-hybridized carbons (Fsp3) is 0.273. The molecule has 0 atom stereocenters. The van der Waals surface area contributed by atoms with Gasteiger partial charge in [0.15, 0.2) is 0 Å². The van der Waals surface area contributed by atoms with Crippen LogP contribution < -0.4 is 0 Å². The highest BCUT2D eigenvalue weighted by Crippen LogP contribution is 2.37. The van der Waals surface area contributed by atoms with Crippen LogP contribution in [-0.4, -0.2) is 0 Å². The van der Waals surface area contributed by atoms with Crippen molar-refractivity contribution >= 4 is 0 Å². The van der Waals surface area contributed by atoms with E-state index in [1.807, 2.05) is 0 Å². The predicted molar refractivity (Wildman–Crippen MR) is 48.2 cm³/mol. The molecule has 2 aliphatic rings. The van der Waals surface area contributed by atoms with Crippen molar-refractivity contribution in [2.45, 2.75) is 6.92 Å². The van der Waals surface area contributed by atoms with Gasteiger partial charge in [-0.15, -0.1) is 0 Å². The molecule has 0 heterocycles. The maximum atomic E-state index is 2.26. The van der Waals surface area contributed by atoms with Gasteiger partial charge in [0.1, 0.15) is 0 Å². The summed E-state index contributed by atoms with van der Waals surface area (Å²) in [4.78, 5) is 0. The van der Waals surface area contributed by atoms with E-state index in [-0.39, 0.29) is 5.41 Å². The first-order chi connectivity index (χ1) is 5.31. The second-order valence-corrected chi connectivity index (χ2v) is 3.38. The van der Waals surface area contributed by atoms with Crippen LogP contribution in [0.3, 0.4) is 0 Å². The van der Waals surface area contributed by atoms with Gasteiger partial charge in [0.25, 0.3) is 0 Å². The van der Waals surface area contributed by atoms with E-state index in [4.69, 9.17) is 0 Å². The second kappa shape index (κ2) is 2.23. The molecule has 0 spiro atoms. The molecule has 0 saturated heterocycles. The lowest BCUT2D eigenvalue weighted by atomic mass is 9.72. The van der Waals surface area contributed by atoms with Gasteiger partial charge in [-0.2, -0.15) is 0 Å². The minimum Gasteiger partial charge on any atom is -0.0764 e. The van der Waals surface area contributed by atoms with E-state index in [9.17, 15) is 0 Å². The van der Waals surface area contributed by atoms with Gasteiger partial charge in [-0.1, -0.05) is 55.5 Å². The largest absolute Gasteiger partial charge is 0.0764 e. The number of fused-ring (bicyclic) bond motifs is 1. The molecule has 0 bridgehead atoms. The molecule has 0 heteroatoms. The summed E-state index contributed by atoms with van der Waals surface area (Å²) in [5, 5.41) is 0. The number of allylic oxidation sites excluding steroid dienone is 8. The Morgan fingerprint density at radius 3 is 1.91 bits per heavy atom. The van der Waals surface area contributed by atoms with Gasteiger partial charge in [0, 0.05) is 11.3 Å². The molecule has 0 saturated carbocycles. The van der Waals surface area contributed by atoms with Crippen LogP contribution >= 0.6 is 0 Å². The monoisotopic (exact) mass is 144 g/mol. The molecule has 0 radical (unpaired) electrons. The number of hydrogen-bond donors (Lipinski definition) is 0. The van der Waals surface area contributed by atoms with Gasteiger partial charge in [0.2, 0.25) is 0 Å². The molecular weight excluding hydrogens is 132 g/mol. The molecule has 0 aromatic rings. The highest BCUT2D eigenvalue weighted by Gasteiger charge is 2.27.